The van der Waals surface area contributed by atoms with Crippen LogP contribution in [0.5, 0.6) is 11.5 Å². The maximum Gasteiger partial charge on any atom is 0.126 e. The van der Waals surface area contributed by atoms with Gasteiger partial charge in [0, 0.05) is 0 Å². The molecule has 1 aliphatic heterocycles. The van der Waals surface area contributed by atoms with E-state index in [-0.39, 0.29) is 5.60 Å². The van der Waals surface area contributed by atoms with Gasteiger partial charge in [0.15, 0.2) is 0 Å². The number of phenols is 1. The summed E-state index contributed by atoms with van der Waals surface area (Å²) in [4.78, 5) is 0. The molecule has 0 aliphatic carbocycles. The molecule has 4 nitrogen and oxygen atoms in total. The minimum Gasteiger partial charge on any atom is -0.508 e. The van der Waals surface area contributed by atoms with Crippen molar-refractivity contribution in [3.8, 4) is 11.5 Å². The van der Waals surface area contributed by atoms with Crippen molar-refractivity contribution >= 4 is 0 Å². The summed E-state index contributed by atoms with van der Waals surface area (Å²) in [7, 11) is 0. The minimum atomic E-state index is -0.848. The molecule has 0 unspecified atom stereocenters. The third-order valence-corrected chi connectivity index (χ3v) is 7.10. The van der Waals surface area contributed by atoms with Crippen LogP contribution in [0.25, 0.3) is 0 Å². The Morgan fingerprint density at radius 2 is 1.58 bits per heavy atom. The van der Waals surface area contributed by atoms with Crippen LogP contribution in [-0.4, -0.2) is 33.1 Å². The van der Waals surface area contributed by atoms with E-state index in [2.05, 4.69) is 32.9 Å². The molecule has 3 atom stereocenters. The summed E-state index contributed by atoms with van der Waals surface area (Å²) in [5, 5.41) is 30.1. The number of fused-ring (bicyclic) bond motifs is 1. The van der Waals surface area contributed by atoms with Crippen LogP contribution in [-0.2, 0) is 6.42 Å². The molecule has 2 rings (SSSR count). The molecule has 1 aliphatic rings. The molecule has 1 aromatic rings. The minimum absolute atomic E-state index is 0.164. The Morgan fingerprint density at radius 3 is 2.22 bits per heavy atom. The van der Waals surface area contributed by atoms with E-state index in [0.29, 0.717) is 5.75 Å². The first-order chi connectivity index (χ1) is 16.9. The highest BCUT2D eigenvalue weighted by atomic mass is 16.5. The van der Waals surface area contributed by atoms with E-state index in [1.54, 1.807) is 12.1 Å². The number of phenolic OH excluding ortho intramolecular Hbond substituents is 1. The number of benzene rings is 1. The number of allylic oxidation sites excluding steroid dienone is 6. The van der Waals surface area contributed by atoms with Gasteiger partial charge in [-0.1, -0.05) is 41.0 Å². The fourth-order valence-corrected chi connectivity index (χ4v) is 4.76. The number of hydrogen-bond acceptors (Lipinski definition) is 4. The van der Waals surface area contributed by atoms with Gasteiger partial charge in [0.2, 0.25) is 0 Å². The molecule has 4 heteroatoms. The molecular formula is C32H48O4. The van der Waals surface area contributed by atoms with Crippen molar-refractivity contribution in [3.05, 3.63) is 69.9 Å². The van der Waals surface area contributed by atoms with Crippen LogP contribution in [0.15, 0.2) is 58.7 Å². The Bertz CT molecular complexity index is 994. The van der Waals surface area contributed by atoms with E-state index in [1.807, 2.05) is 39.8 Å². The maximum absolute atomic E-state index is 10.2. The fraction of sp³-hybridized carbons (Fsp3) is 0.562. The van der Waals surface area contributed by atoms with Crippen molar-refractivity contribution in [2.45, 2.75) is 118 Å². The van der Waals surface area contributed by atoms with E-state index in [0.717, 1.165) is 79.4 Å². The Balaban J connectivity index is 1.75. The smallest absolute Gasteiger partial charge is 0.126 e. The van der Waals surface area contributed by atoms with Crippen LogP contribution in [0.2, 0.25) is 0 Å². The lowest BCUT2D eigenvalue weighted by Gasteiger charge is -2.36. The second kappa shape index (κ2) is 13.9. The predicted molar refractivity (Wildman–Crippen MR) is 151 cm³/mol. The first-order valence-corrected chi connectivity index (χ1v) is 13.4. The molecule has 3 N–H and O–H groups in total. The molecule has 200 valence electrons. The maximum atomic E-state index is 10.2. The second-order valence-corrected chi connectivity index (χ2v) is 11.1. The molecule has 0 bridgehead atoms. The number of rotatable bonds is 12. The average Bonchev–Trinajstić information content (AvgIpc) is 2.78. The van der Waals surface area contributed by atoms with Gasteiger partial charge in [-0.15, -0.1) is 0 Å². The summed E-state index contributed by atoms with van der Waals surface area (Å²) in [6.45, 7) is 14.3. The van der Waals surface area contributed by atoms with Crippen LogP contribution < -0.4 is 4.74 Å². The van der Waals surface area contributed by atoms with E-state index < -0.39 is 12.2 Å². The summed E-state index contributed by atoms with van der Waals surface area (Å²) in [5.41, 5.74) is 6.54. The topological polar surface area (TPSA) is 69.9 Å². The summed E-state index contributed by atoms with van der Waals surface area (Å²) >= 11 is 0. The first kappa shape index (κ1) is 29.9. The van der Waals surface area contributed by atoms with E-state index in [9.17, 15) is 15.3 Å². The van der Waals surface area contributed by atoms with Gasteiger partial charge in [-0.25, -0.2) is 0 Å². The van der Waals surface area contributed by atoms with E-state index in [1.165, 1.54) is 11.1 Å². The molecule has 1 heterocycles. The first-order valence-electron chi connectivity index (χ1n) is 13.4. The summed E-state index contributed by atoms with van der Waals surface area (Å²) in [5.74, 6) is 1.27. The number of aryl methyl sites for hydroxylation is 2. The van der Waals surface area contributed by atoms with Gasteiger partial charge in [-0.3, -0.25) is 0 Å². The summed E-state index contributed by atoms with van der Waals surface area (Å²) in [6, 6.07) is 3.61. The highest BCUT2D eigenvalue weighted by molar-refractivity contribution is 5.47. The zero-order valence-electron chi connectivity index (χ0n) is 23.5. The third-order valence-electron chi connectivity index (χ3n) is 7.10. The van der Waals surface area contributed by atoms with Crippen LogP contribution in [0.1, 0.15) is 97.6 Å². The van der Waals surface area contributed by atoms with Crippen molar-refractivity contribution in [1.82, 2.24) is 0 Å². The molecular weight excluding hydrogens is 448 g/mol. The normalized spacial score (nSPS) is 20.4. The predicted octanol–water partition coefficient (Wildman–Crippen LogP) is 7.65. The Hall–Kier alpha value is -2.30. The number of aromatic hydroxyl groups is 1. The SMILES string of the molecule is CC(C)=C[C@@H](O)[C@@H](O)/C(C)=C/CC/C(C)=C/CC/C(C)=C/CC[C@]1(C)CCc2cc(O)cc(C)c2O1. The average molecular weight is 497 g/mol. The Kier molecular flexibility index (Phi) is 11.5. The quantitative estimate of drug-likeness (QED) is 0.260. The lowest BCUT2D eigenvalue weighted by atomic mass is 9.87. The van der Waals surface area contributed by atoms with Crippen LogP contribution in [0, 0.1) is 6.92 Å². The van der Waals surface area contributed by atoms with Gasteiger partial charge < -0.3 is 20.1 Å². The van der Waals surface area contributed by atoms with Gasteiger partial charge in [-0.05, 0) is 129 Å². The van der Waals surface area contributed by atoms with Crippen molar-refractivity contribution in [2.75, 3.05) is 0 Å². The molecule has 1 aromatic carbocycles. The van der Waals surface area contributed by atoms with Gasteiger partial charge in [0.25, 0.3) is 0 Å². The van der Waals surface area contributed by atoms with Crippen LogP contribution >= 0.6 is 0 Å². The lowest BCUT2D eigenvalue weighted by Crippen LogP contribution is -2.36. The number of hydrogen-bond donors (Lipinski definition) is 3. The van der Waals surface area contributed by atoms with Crippen molar-refractivity contribution in [2.24, 2.45) is 0 Å². The number of ether oxygens (including phenoxy) is 1. The molecule has 0 saturated heterocycles. The van der Waals surface area contributed by atoms with Gasteiger partial charge >= 0.3 is 0 Å². The zero-order valence-corrected chi connectivity index (χ0v) is 23.5. The highest BCUT2D eigenvalue weighted by Gasteiger charge is 2.32. The second-order valence-electron chi connectivity index (χ2n) is 11.1. The standard InChI is InChI=1S/C32H48O4/c1-22(2)19-29(34)30(35)25(5)15-9-13-23(3)11-8-12-24(4)14-10-17-32(7)18-16-27-21-28(33)20-26(6)31(27)36-32/h11,14-15,19-21,29-30,33-35H,8-10,12-13,16-18H2,1-7H3/b23-11+,24-14+,25-15+/t29-,30+,32-/m1/s1. The third kappa shape index (κ3) is 9.63. The van der Waals surface area contributed by atoms with Gasteiger partial charge in [0.1, 0.15) is 29.3 Å². The molecule has 36 heavy (non-hydrogen) atoms. The largest absolute Gasteiger partial charge is 0.508 e. The zero-order chi connectivity index (χ0) is 26.9. The van der Waals surface area contributed by atoms with Gasteiger partial charge in [0.05, 0.1) is 0 Å². The molecule has 0 aromatic heterocycles. The highest BCUT2D eigenvalue weighted by Crippen LogP contribution is 2.39. The van der Waals surface area contributed by atoms with E-state index in [4.69, 9.17) is 4.74 Å². The lowest BCUT2D eigenvalue weighted by molar-refractivity contribution is 0.0561. The van der Waals surface area contributed by atoms with Crippen molar-refractivity contribution in [1.29, 1.82) is 0 Å². The molecule has 0 radical (unpaired) electrons. The Morgan fingerprint density at radius 1 is 0.972 bits per heavy atom. The molecule has 0 fully saturated rings. The summed E-state index contributed by atoms with van der Waals surface area (Å²) < 4.78 is 6.41. The fourth-order valence-electron chi connectivity index (χ4n) is 4.76. The van der Waals surface area contributed by atoms with Crippen molar-refractivity contribution in [3.63, 3.8) is 0 Å². The van der Waals surface area contributed by atoms with Crippen LogP contribution in [0.3, 0.4) is 0 Å². The number of aliphatic hydroxyl groups is 2. The molecule has 0 spiro atoms. The number of aliphatic hydroxyl groups excluding tert-OH is 2. The molecule has 0 saturated carbocycles. The van der Waals surface area contributed by atoms with E-state index >= 15 is 0 Å². The molecule has 0 amide bonds. The monoisotopic (exact) mass is 496 g/mol. The Labute approximate surface area is 219 Å². The van der Waals surface area contributed by atoms with Crippen LogP contribution in [0.4, 0.5) is 0 Å². The summed E-state index contributed by atoms with van der Waals surface area (Å²) in [6.07, 6.45) is 14.5. The van der Waals surface area contributed by atoms with Gasteiger partial charge in [-0.2, -0.15) is 0 Å². The van der Waals surface area contributed by atoms with Crippen molar-refractivity contribution < 1.29 is 20.1 Å².